The van der Waals surface area contributed by atoms with Crippen LogP contribution in [-0.4, -0.2) is 100 Å². The fourth-order valence-electron chi connectivity index (χ4n) is 3.36. The lowest BCUT2D eigenvalue weighted by Gasteiger charge is -2.25. The summed E-state index contributed by atoms with van der Waals surface area (Å²) in [6.07, 6.45) is -1.30. The highest BCUT2D eigenvalue weighted by molar-refractivity contribution is 5.94. The Kier molecular flexibility index (Phi) is 17.2. The molecule has 0 saturated heterocycles. The van der Waals surface area contributed by atoms with E-state index < -0.39 is 79.1 Å². The summed E-state index contributed by atoms with van der Waals surface area (Å²) in [4.78, 5) is 72.1. The normalized spacial score (nSPS) is 13.4. The number of carboxylic acids is 3. The molecular formula is C22H40N10O9. The zero-order chi connectivity index (χ0) is 31.5. The number of hydrogen-bond donors (Lipinski definition) is 13. The Morgan fingerprint density at radius 1 is 0.610 bits per heavy atom. The quantitative estimate of drug-likeness (QED) is 0.0346. The molecule has 0 aromatic heterocycles. The standard InChI is InChI=1S/C22H40N10O9/c23-11(3-1-9-28-21(24)25)17(37)30-13(5-7-15(33)34)19(39)31-12(4-2-10-29-22(26)27)18(38)32-14(20(40)41)6-8-16(35)36/h11-14H,1-10,23H2,(H,30,37)(H,31,39)(H,32,38)(H,33,34)(H,35,36)(H,40,41)(H4,24,25,28)(H4,26,27,29)/t11-,12-,13-,14-/m0/s1. The molecule has 0 aliphatic carbocycles. The molecular weight excluding hydrogens is 548 g/mol. The van der Waals surface area contributed by atoms with E-state index in [0.29, 0.717) is 6.42 Å². The smallest absolute Gasteiger partial charge is 0.326 e. The second kappa shape index (κ2) is 19.4. The minimum absolute atomic E-state index is 0.0919. The van der Waals surface area contributed by atoms with Gasteiger partial charge in [-0.2, -0.15) is 0 Å². The van der Waals surface area contributed by atoms with Gasteiger partial charge in [0.25, 0.3) is 0 Å². The van der Waals surface area contributed by atoms with Crippen LogP contribution in [0.5, 0.6) is 0 Å². The van der Waals surface area contributed by atoms with Crippen LogP contribution in [0.4, 0.5) is 0 Å². The summed E-state index contributed by atoms with van der Waals surface area (Å²) in [5.74, 6) is -7.33. The minimum atomic E-state index is -1.58. The van der Waals surface area contributed by atoms with E-state index in [1.165, 1.54) is 0 Å². The maximum absolute atomic E-state index is 13.1. The molecule has 0 spiro atoms. The van der Waals surface area contributed by atoms with Crippen molar-refractivity contribution in [3.05, 3.63) is 0 Å². The highest BCUT2D eigenvalue weighted by Gasteiger charge is 2.30. The second-order valence-electron chi connectivity index (χ2n) is 8.96. The zero-order valence-corrected chi connectivity index (χ0v) is 22.4. The van der Waals surface area contributed by atoms with Crippen molar-refractivity contribution in [2.75, 3.05) is 13.1 Å². The number of carbonyl (C=O) groups excluding carboxylic acids is 3. The first kappa shape index (κ1) is 36.3. The Labute approximate surface area is 235 Å². The highest BCUT2D eigenvalue weighted by Crippen LogP contribution is 2.06. The SMILES string of the molecule is N=C(N)NCCC[C@H](NC(=O)[C@H](CCC(=O)O)NC(=O)[C@@H](N)CCCNC(=N)N)C(=O)N[C@@H](CCC(=O)O)C(=O)O. The Balaban J connectivity index is 5.62. The minimum Gasteiger partial charge on any atom is -0.481 e. The largest absolute Gasteiger partial charge is 0.481 e. The van der Waals surface area contributed by atoms with Gasteiger partial charge in [-0.05, 0) is 38.5 Å². The van der Waals surface area contributed by atoms with Crippen molar-refractivity contribution in [2.45, 2.75) is 75.5 Å². The fourth-order valence-corrected chi connectivity index (χ4v) is 3.36. The van der Waals surface area contributed by atoms with E-state index in [-0.39, 0.29) is 50.7 Å². The lowest BCUT2D eigenvalue weighted by molar-refractivity contribution is -0.143. The van der Waals surface area contributed by atoms with E-state index in [9.17, 15) is 33.9 Å². The fraction of sp³-hybridized carbons (Fsp3) is 0.636. The zero-order valence-electron chi connectivity index (χ0n) is 22.4. The summed E-state index contributed by atoms with van der Waals surface area (Å²) >= 11 is 0. The van der Waals surface area contributed by atoms with Crippen molar-refractivity contribution < 1.29 is 44.1 Å². The summed E-state index contributed by atoms with van der Waals surface area (Å²) in [5.41, 5.74) is 16.3. The lowest BCUT2D eigenvalue weighted by Crippen LogP contribution is -2.57. The van der Waals surface area contributed by atoms with Crippen molar-refractivity contribution in [1.29, 1.82) is 10.8 Å². The monoisotopic (exact) mass is 588 g/mol. The summed E-state index contributed by atoms with van der Waals surface area (Å²) < 4.78 is 0. The average molecular weight is 589 g/mol. The Bertz CT molecular complexity index is 962. The van der Waals surface area contributed by atoms with Crippen LogP contribution in [0.2, 0.25) is 0 Å². The van der Waals surface area contributed by atoms with Crippen LogP contribution in [0.1, 0.15) is 51.4 Å². The number of rotatable bonds is 21. The van der Waals surface area contributed by atoms with Crippen LogP contribution >= 0.6 is 0 Å². The van der Waals surface area contributed by atoms with E-state index in [1.807, 2.05) is 0 Å². The van der Waals surface area contributed by atoms with Crippen molar-refractivity contribution in [1.82, 2.24) is 26.6 Å². The molecule has 0 aromatic carbocycles. The molecule has 0 heterocycles. The van der Waals surface area contributed by atoms with Gasteiger partial charge in [-0.3, -0.25) is 34.8 Å². The van der Waals surface area contributed by atoms with Crippen molar-refractivity contribution >= 4 is 47.5 Å². The number of nitrogens with two attached hydrogens (primary N) is 3. The van der Waals surface area contributed by atoms with Gasteiger partial charge in [0.2, 0.25) is 17.7 Å². The van der Waals surface area contributed by atoms with Gasteiger partial charge in [0, 0.05) is 25.9 Å². The number of nitrogens with one attached hydrogen (secondary N) is 7. The van der Waals surface area contributed by atoms with Gasteiger partial charge in [-0.15, -0.1) is 0 Å². The van der Waals surface area contributed by atoms with Crippen molar-refractivity contribution in [2.24, 2.45) is 17.2 Å². The number of amides is 3. The van der Waals surface area contributed by atoms with Gasteiger partial charge in [-0.1, -0.05) is 0 Å². The first-order valence-corrected chi connectivity index (χ1v) is 12.6. The summed E-state index contributed by atoms with van der Waals surface area (Å²) in [6.45, 7) is 0.376. The molecule has 19 heteroatoms. The molecule has 3 amide bonds. The first-order chi connectivity index (χ1) is 19.1. The molecule has 232 valence electrons. The number of aliphatic carboxylic acids is 3. The molecule has 0 aliphatic rings. The molecule has 0 aliphatic heterocycles. The Hall–Kier alpha value is -4.68. The van der Waals surface area contributed by atoms with E-state index >= 15 is 0 Å². The van der Waals surface area contributed by atoms with E-state index in [4.69, 9.17) is 38.2 Å². The van der Waals surface area contributed by atoms with Gasteiger partial charge >= 0.3 is 17.9 Å². The first-order valence-electron chi connectivity index (χ1n) is 12.6. The molecule has 41 heavy (non-hydrogen) atoms. The molecule has 0 rings (SSSR count). The van der Waals surface area contributed by atoms with Crippen LogP contribution in [0.3, 0.4) is 0 Å². The van der Waals surface area contributed by atoms with Crippen molar-refractivity contribution in [3.8, 4) is 0 Å². The van der Waals surface area contributed by atoms with E-state index in [2.05, 4.69) is 26.6 Å². The van der Waals surface area contributed by atoms with Gasteiger partial charge in [0.05, 0.1) is 6.04 Å². The van der Waals surface area contributed by atoms with Crippen LogP contribution < -0.4 is 43.8 Å². The van der Waals surface area contributed by atoms with Crippen LogP contribution in [0.25, 0.3) is 0 Å². The maximum atomic E-state index is 13.1. The van der Waals surface area contributed by atoms with Gasteiger partial charge in [0.15, 0.2) is 11.9 Å². The van der Waals surface area contributed by atoms with Gasteiger partial charge < -0.3 is 59.1 Å². The third-order valence-electron chi connectivity index (χ3n) is 5.50. The van der Waals surface area contributed by atoms with E-state index in [0.717, 1.165) is 0 Å². The molecule has 4 atom stereocenters. The van der Waals surface area contributed by atoms with Crippen LogP contribution in [0.15, 0.2) is 0 Å². The molecule has 0 unspecified atom stereocenters. The second-order valence-corrected chi connectivity index (χ2v) is 8.96. The molecule has 16 N–H and O–H groups in total. The van der Waals surface area contributed by atoms with Crippen LogP contribution in [0, 0.1) is 10.8 Å². The number of guanidine groups is 2. The van der Waals surface area contributed by atoms with Crippen LogP contribution in [-0.2, 0) is 28.8 Å². The predicted octanol–water partition coefficient (Wildman–Crippen LogP) is -3.89. The highest BCUT2D eigenvalue weighted by atomic mass is 16.4. The summed E-state index contributed by atoms with van der Waals surface area (Å²) in [7, 11) is 0. The molecule has 0 bridgehead atoms. The van der Waals surface area contributed by atoms with Gasteiger partial charge in [0.1, 0.15) is 18.1 Å². The van der Waals surface area contributed by atoms with Gasteiger partial charge in [-0.25, -0.2) is 4.79 Å². The third-order valence-corrected chi connectivity index (χ3v) is 5.50. The molecule has 0 aromatic rings. The maximum Gasteiger partial charge on any atom is 0.326 e. The summed E-state index contributed by atoms with van der Waals surface area (Å²) in [6, 6.07) is -5.47. The molecule has 0 saturated carbocycles. The molecule has 0 radical (unpaired) electrons. The number of carbonyl (C=O) groups is 6. The Morgan fingerprint density at radius 2 is 1.00 bits per heavy atom. The summed E-state index contributed by atoms with van der Waals surface area (Å²) in [5, 5.41) is 53.5. The predicted molar refractivity (Wildman–Crippen MR) is 143 cm³/mol. The number of carboxylic acid groups (broad SMARTS) is 3. The van der Waals surface area contributed by atoms with E-state index in [1.54, 1.807) is 0 Å². The molecule has 0 fully saturated rings. The number of hydrogen-bond acceptors (Lipinski definition) is 9. The van der Waals surface area contributed by atoms with Crippen molar-refractivity contribution in [3.63, 3.8) is 0 Å². The Morgan fingerprint density at radius 3 is 1.44 bits per heavy atom. The molecule has 19 nitrogen and oxygen atoms in total. The average Bonchev–Trinajstić information content (AvgIpc) is 2.87. The lowest BCUT2D eigenvalue weighted by atomic mass is 10.1. The third kappa shape index (κ3) is 17.5. The topological polar surface area (TPSA) is 349 Å².